The van der Waals surface area contributed by atoms with Gasteiger partial charge in [0, 0.05) is 28.1 Å². The van der Waals surface area contributed by atoms with E-state index in [1.807, 2.05) is 29.2 Å². The van der Waals surface area contributed by atoms with E-state index < -0.39 is 20.6 Å². The largest absolute Gasteiger partial charge is 0.489 e. The van der Waals surface area contributed by atoms with Gasteiger partial charge in [0.2, 0.25) is 5.91 Å². The Balaban J connectivity index is 1.35. The Morgan fingerprint density at radius 1 is 0.952 bits per heavy atom. The van der Waals surface area contributed by atoms with Crippen molar-refractivity contribution >= 4 is 61.5 Å². The number of carbonyl (C=O) groups is 1. The van der Waals surface area contributed by atoms with Gasteiger partial charge in [0.15, 0.2) is 9.84 Å². The molecule has 2 heterocycles. The van der Waals surface area contributed by atoms with Gasteiger partial charge in [-0.25, -0.2) is 8.42 Å². The van der Waals surface area contributed by atoms with Crippen molar-refractivity contribution in [2.24, 2.45) is 5.92 Å². The molecule has 0 spiro atoms. The van der Waals surface area contributed by atoms with Crippen LogP contribution >= 0.6 is 45.8 Å². The molecular formula is C32H33Cl2IN2O4S. The Kier molecular flexibility index (Phi) is 8.82. The lowest BCUT2D eigenvalue weighted by Gasteiger charge is -2.43. The summed E-state index contributed by atoms with van der Waals surface area (Å²) in [5.41, 5.74) is 2.43. The highest BCUT2D eigenvalue weighted by molar-refractivity contribution is 14.1. The minimum Gasteiger partial charge on any atom is -0.489 e. The normalized spacial score (nSPS) is 22.9. The molecule has 2 saturated heterocycles. The molecule has 0 aromatic heterocycles. The van der Waals surface area contributed by atoms with Gasteiger partial charge in [-0.3, -0.25) is 9.69 Å². The molecule has 1 amide bonds. The zero-order valence-corrected chi connectivity index (χ0v) is 27.6. The van der Waals surface area contributed by atoms with Crippen LogP contribution in [0.1, 0.15) is 42.4 Å². The summed E-state index contributed by atoms with van der Waals surface area (Å²) < 4.78 is 35.1. The molecule has 42 heavy (non-hydrogen) atoms. The van der Waals surface area contributed by atoms with Crippen LogP contribution < -0.4 is 4.74 Å². The van der Waals surface area contributed by atoms with Crippen molar-refractivity contribution < 1.29 is 17.9 Å². The van der Waals surface area contributed by atoms with E-state index in [0.717, 1.165) is 41.6 Å². The highest BCUT2D eigenvalue weighted by Crippen LogP contribution is 2.53. The standard InChI is InChI=1S/C32H33Cl2IN2O4S/c33-28-7-4-8-29(34)26(28)20-41-24-10-11-27-23(19-24)9-12-30-32(27,42(39,40)25-5-2-1-3-6-25)15-18-37(30)31(38)22-13-16-36(21-35)17-14-22/h1-8,10-11,19,22,30H,9,12-18,20-21H2/t30-,32-/m1/s1. The Morgan fingerprint density at radius 3 is 2.36 bits per heavy atom. The highest BCUT2D eigenvalue weighted by atomic mass is 127. The number of piperidine rings is 1. The van der Waals surface area contributed by atoms with Crippen molar-refractivity contribution in [3.63, 3.8) is 0 Å². The fourth-order valence-corrected chi connectivity index (χ4v) is 10.6. The van der Waals surface area contributed by atoms with Gasteiger partial charge >= 0.3 is 0 Å². The molecule has 2 atom stereocenters. The van der Waals surface area contributed by atoms with E-state index in [2.05, 4.69) is 27.5 Å². The number of likely N-dealkylation sites (tertiary alicyclic amines) is 2. The van der Waals surface area contributed by atoms with E-state index in [-0.39, 0.29) is 18.4 Å². The number of benzene rings is 3. The van der Waals surface area contributed by atoms with Crippen LogP contribution in [0.4, 0.5) is 0 Å². The van der Waals surface area contributed by atoms with Crippen molar-refractivity contribution in [1.29, 1.82) is 0 Å². The number of carbonyl (C=O) groups excluding carboxylic acids is 1. The molecule has 6 rings (SSSR count). The Labute approximate surface area is 271 Å². The molecule has 10 heteroatoms. The SMILES string of the molecule is O=C(C1CCN(CI)CC1)N1CC[C@@]2(S(=O)(=O)c3ccccc3)c3ccc(OCc4c(Cl)cccc4Cl)cc3CC[C@@H]12. The second-order valence-corrected chi connectivity index (χ2v) is 15.1. The molecule has 0 unspecified atom stereocenters. The van der Waals surface area contributed by atoms with Crippen LogP contribution in [-0.4, -0.2) is 54.4 Å². The average Bonchev–Trinajstić information content (AvgIpc) is 3.42. The molecule has 0 bridgehead atoms. The number of hydrogen-bond donors (Lipinski definition) is 0. The summed E-state index contributed by atoms with van der Waals surface area (Å²) in [5.74, 6) is 0.676. The molecule has 2 fully saturated rings. The molecule has 2 aliphatic heterocycles. The third-order valence-electron chi connectivity index (χ3n) is 9.23. The smallest absolute Gasteiger partial charge is 0.226 e. The fraction of sp³-hybridized carbons (Fsp3) is 0.406. The molecular weight excluding hydrogens is 706 g/mol. The zero-order valence-electron chi connectivity index (χ0n) is 23.1. The number of rotatable bonds is 7. The second-order valence-electron chi connectivity index (χ2n) is 11.4. The van der Waals surface area contributed by atoms with Crippen molar-refractivity contribution in [3.8, 4) is 5.75 Å². The predicted molar refractivity (Wildman–Crippen MR) is 174 cm³/mol. The molecule has 3 aliphatic rings. The maximum absolute atomic E-state index is 14.6. The van der Waals surface area contributed by atoms with Gasteiger partial charge in [-0.15, -0.1) is 0 Å². The lowest BCUT2D eigenvalue weighted by molar-refractivity contribution is -0.138. The summed E-state index contributed by atoms with van der Waals surface area (Å²) >= 11 is 15.1. The Morgan fingerprint density at radius 2 is 1.67 bits per heavy atom. The van der Waals surface area contributed by atoms with Gasteiger partial charge in [0.05, 0.1) is 15.5 Å². The summed E-state index contributed by atoms with van der Waals surface area (Å²) in [6.45, 7) is 2.43. The summed E-state index contributed by atoms with van der Waals surface area (Å²) in [7, 11) is -3.84. The maximum atomic E-state index is 14.6. The predicted octanol–water partition coefficient (Wildman–Crippen LogP) is 6.89. The number of aryl methyl sites for hydroxylation is 1. The topological polar surface area (TPSA) is 66.9 Å². The van der Waals surface area contributed by atoms with Gasteiger partial charge in [-0.1, -0.05) is 76.1 Å². The Hall–Kier alpha value is -1.85. The first-order valence-corrected chi connectivity index (χ1v) is 18.1. The number of fused-ring (bicyclic) bond motifs is 3. The van der Waals surface area contributed by atoms with Crippen LogP contribution in [0.5, 0.6) is 5.75 Å². The molecule has 0 radical (unpaired) electrons. The van der Waals surface area contributed by atoms with Crippen LogP contribution in [0.25, 0.3) is 0 Å². The highest BCUT2D eigenvalue weighted by Gasteiger charge is 2.61. The number of ether oxygens (including phenoxy) is 1. The molecule has 222 valence electrons. The van der Waals surface area contributed by atoms with Crippen LogP contribution in [0.2, 0.25) is 10.0 Å². The maximum Gasteiger partial charge on any atom is 0.226 e. The molecule has 0 saturated carbocycles. The number of nitrogens with zero attached hydrogens (tertiary/aromatic N) is 2. The molecule has 3 aromatic carbocycles. The molecule has 6 nitrogen and oxygen atoms in total. The number of amides is 1. The van der Waals surface area contributed by atoms with Crippen molar-refractivity contribution in [2.45, 2.75) is 54.4 Å². The van der Waals surface area contributed by atoms with Crippen molar-refractivity contribution in [1.82, 2.24) is 9.80 Å². The monoisotopic (exact) mass is 738 g/mol. The van der Waals surface area contributed by atoms with Gasteiger partial charge in [0.25, 0.3) is 0 Å². The van der Waals surface area contributed by atoms with E-state index in [1.54, 1.807) is 42.5 Å². The van der Waals surface area contributed by atoms with E-state index in [9.17, 15) is 13.2 Å². The lowest BCUT2D eigenvalue weighted by atomic mass is 9.78. The minimum atomic E-state index is -3.84. The number of hydrogen-bond acceptors (Lipinski definition) is 5. The van der Waals surface area contributed by atoms with Crippen molar-refractivity contribution in [2.75, 3.05) is 24.2 Å². The van der Waals surface area contributed by atoms with Crippen LogP contribution in [0.3, 0.4) is 0 Å². The molecule has 0 N–H and O–H groups in total. The van der Waals surface area contributed by atoms with Gasteiger partial charge in [-0.05, 0) is 92.7 Å². The lowest BCUT2D eigenvalue weighted by Crippen LogP contribution is -2.53. The minimum absolute atomic E-state index is 0.0618. The van der Waals surface area contributed by atoms with E-state index >= 15 is 0 Å². The van der Waals surface area contributed by atoms with E-state index in [1.165, 1.54) is 0 Å². The zero-order chi connectivity index (χ0) is 29.5. The number of halogens is 3. The summed E-state index contributed by atoms with van der Waals surface area (Å²) in [5, 5.41) is 1.07. The van der Waals surface area contributed by atoms with E-state index in [4.69, 9.17) is 27.9 Å². The van der Waals surface area contributed by atoms with Crippen molar-refractivity contribution in [3.05, 3.63) is 93.5 Å². The second kappa shape index (κ2) is 12.3. The summed E-state index contributed by atoms with van der Waals surface area (Å²) in [6, 6.07) is 19.3. The van der Waals surface area contributed by atoms with Gasteiger partial charge in [0.1, 0.15) is 17.1 Å². The van der Waals surface area contributed by atoms with Crippen LogP contribution in [-0.2, 0) is 32.4 Å². The Bertz CT molecular complexity index is 1560. The molecule has 1 aliphatic carbocycles. The van der Waals surface area contributed by atoms with Gasteiger partial charge < -0.3 is 9.64 Å². The van der Waals surface area contributed by atoms with Gasteiger partial charge in [-0.2, -0.15) is 0 Å². The molecule has 3 aromatic rings. The van der Waals surface area contributed by atoms with Crippen LogP contribution in [0.15, 0.2) is 71.6 Å². The average molecular weight is 740 g/mol. The third-order valence-corrected chi connectivity index (χ3v) is 13.4. The first kappa shape index (κ1) is 30.2. The number of sulfone groups is 1. The first-order chi connectivity index (χ1) is 20.3. The van der Waals surface area contributed by atoms with E-state index in [0.29, 0.717) is 52.1 Å². The number of alkyl halides is 1. The quantitative estimate of drug-likeness (QED) is 0.150. The van der Waals surface area contributed by atoms with Crippen LogP contribution in [0, 0.1) is 5.92 Å². The summed E-state index contributed by atoms with van der Waals surface area (Å²) in [4.78, 5) is 18.5. The third kappa shape index (κ3) is 5.25. The fourth-order valence-electron chi connectivity index (χ4n) is 7.03. The summed E-state index contributed by atoms with van der Waals surface area (Å²) in [6.07, 6.45) is 3.24. The first-order valence-electron chi connectivity index (χ1n) is 14.3.